The Labute approximate surface area is 136 Å². The summed E-state index contributed by atoms with van der Waals surface area (Å²) in [5.74, 6) is 1.28. The topological polar surface area (TPSA) is 38.3 Å². The fraction of sp³-hybridized carbons (Fsp3) is 0.278. The van der Waals surface area contributed by atoms with Crippen LogP contribution < -0.4 is 10.1 Å². The van der Waals surface area contributed by atoms with E-state index in [1.165, 1.54) is 22.9 Å². The number of methoxy groups -OCH3 is 1. The van der Waals surface area contributed by atoms with E-state index in [9.17, 15) is 4.79 Å². The number of ether oxygens (including phenoxy) is 1. The summed E-state index contributed by atoms with van der Waals surface area (Å²) < 4.78 is 5.17. The van der Waals surface area contributed by atoms with Crippen LogP contribution in [0.25, 0.3) is 0 Å². The maximum Gasteiger partial charge on any atom is 0.230 e. The van der Waals surface area contributed by atoms with Crippen molar-refractivity contribution in [1.82, 2.24) is 5.32 Å². The molecule has 0 radical (unpaired) electrons. The minimum absolute atomic E-state index is 0.0569. The van der Waals surface area contributed by atoms with Gasteiger partial charge in [-0.2, -0.15) is 0 Å². The Morgan fingerprint density at radius 3 is 2.77 bits per heavy atom. The third kappa shape index (κ3) is 5.11. The lowest BCUT2D eigenvalue weighted by atomic mass is 10.1. The first kappa shape index (κ1) is 16.4. The van der Waals surface area contributed by atoms with Crippen molar-refractivity contribution in [2.24, 2.45) is 0 Å². The Morgan fingerprint density at radius 1 is 1.18 bits per heavy atom. The predicted octanol–water partition coefficient (Wildman–Crippen LogP) is 3.45. The summed E-state index contributed by atoms with van der Waals surface area (Å²) in [7, 11) is 1.64. The highest BCUT2D eigenvalue weighted by molar-refractivity contribution is 8.00. The van der Waals surface area contributed by atoms with Gasteiger partial charge in [-0.25, -0.2) is 0 Å². The molecule has 2 rings (SSSR count). The second kappa shape index (κ2) is 8.49. The largest absolute Gasteiger partial charge is 0.497 e. The van der Waals surface area contributed by atoms with E-state index < -0.39 is 0 Å². The highest BCUT2D eigenvalue weighted by Crippen LogP contribution is 2.22. The monoisotopic (exact) mass is 315 g/mol. The predicted molar refractivity (Wildman–Crippen MR) is 91.6 cm³/mol. The van der Waals surface area contributed by atoms with E-state index in [1.807, 2.05) is 36.4 Å². The van der Waals surface area contributed by atoms with Gasteiger partial charge in [-0.15, -0.1) is 11.8 Å². The number of benzene rings is 2. The van der Waals surface area contributed by atoms with Crippen LogP contribution in [-0.2, 0) is 11.2 Å². The number of hydrogen-bond acceptors (Lipinski definition) is 3. The van der Waals surface area contributed by atoms with Crippen LogP contribution >= 0.6 is 11.8 Å². The summed E-state index contributed by atoms with van der Waals surface area (Å²) in [4.78, 5) is 12.9. The summed E-state index contributed by atoms with van der Waals surface area (Å²) in [6.45, 7) is 2.76. The molecule has 0 saturated heterocycles. The average Bonchev–Trinajstić information content (AvgIpc) is 2.55. The van der Waals surface area contributed by atoms with E-state index in [4.69, 9.17) is 4.74 Å². The lowest BCUT2D eigenvalue weighted by Crippen LogP contribution is -2.27. The molecule has 22 heavy (non-hydrogen) atoms. The fourth-order valence-electron chi connectivity index (χ4n) is 2.12. The zero-order valence-corrected chi connectivity index (χ0v) is 13.8. The number of amides is 1. The second-order valence-corrected chi connectivity index (χ2v) is 6.04. The van der Waals surface area contributed by atoms with Crippen LogP contribution in [-0.4, -0.2) is 25.3 Å². The van der Waals surface area contributed by atoms with Gasteiger partial charge in [0.1, 0.15) is 5.75 Å². The minimum atomic E-state index is 0.0569. The Morgan fingerprint density at radius 2 is 2.00 bits per heavy atom. The summed E-state index contributed by atoms with van der Waals surface area (Å²) in [6, 6.07) is 16.0. The van der Waals surface area contributed by atoms with Crippen molar-refractivity contribution in [3.05, 3.63) is 59.7 Å². The maximum absolute atomic E-state index is 11.9. The summed E-state index contributed by atoms with van der Waals surface area (Å²) in [5, 5.41) is 2.97. The average molecular weight is 315 g/mol. The molecule has 2 aromatic rings. The second-order valence-electron chi connectivity index (χ2n) is 4.99. The highest BCUT2D eigenvalue weighted by atomic mass is 32.2. The molecule has 1 N–H and O–H groups in total. The lowest BCUT2D eigenvalue weighted by Gasteiger charge is -2.08. The van der Waals surface area contributed by atoms with Crippen molar-refractivity contribution < 1.29 is 9.53 Å². The van der Waals surface area contributed by atoms with Gasteiger partial charge < -0.3 is 10.1 Å². The Hall–Kier alpha value is -1.94. The number of nitrogens with one attached hydrogen (secondary N) is 1. The zero-order valence-electron chi connectivity index (χ0n) is 13.0. The Bertz CT molecular complexity index is 628. The first-order chi connectivity index (χ1) is 10.7. The van der Waals surface area contributed by atoms with E-state index >= 15 is 0 Å². The van der Waals surface area contributed by atoms with Crippen LogP contribution in [0.15, 0.2) is 53.4 Å². The van der Waals surface area contributed by atoms with Crippen molar-refractivity contribution in [2.75, 3.05) is 19.4 Å². The van der Waals surface area contributed by atoms with Crippen molar-refractivity contribution in [3.8, 4) is 5.75 Å². The Kier molecular flexibility index (Phi) is 6.34. The molecule has 0 saturated carbocycles. The summed E-state index contributed by atoms with van der Waals surface area (Å²) in [5.41, 5.74) is 2.55. The molecule has 0 fully saturated rings. The molecule has 0 aliphatic heterocycles. The van der Waals surface area contributed by atoms with Crippen molar-refractivity contribution in [2.45, 2.75) is 18.2 Å². The SMILES string of the molecule is COc1cccc(SCC(=O)NCCc2ccccc2C)c1. The Balaban J connectivity index is 1.73. The van der Waals surface area contributed by atoms with Crippen molar-refractivity contribution >= 4 is 17.7 Å². The van der Waals surface area contributed by atoms with Gasteiger partial charge in [0.2, 0.25) is 5.91 Å². The third-order valence-electron chi connectivity index (χ3n) is 3.39. The van der Waals surface area contributed by atoms with E-state index in [0.29, 0.717) is 12.3 Å². The highest BCUT2D eigenvalue weighted by Gasteiger charge is 2.04. The molecular formula is C18H21NO2S. The summed E-state index contributed by atoms with van der Waals surface area (Å²) >= 11 is 1.52. The van der Waals surface area contributed by atoms with Crippen LogP contribution in [0.2, 0.25) is 0 Å². The van der Waals surface area contributed by atoms with Crippen LogP contribution in [0.3, 0.4) is 0 Å². The molecule has 116 valence electrons. The molecule has 4 heteroatoms. The quantitative estimate of drug-likeness (QED) is 0.795. The number of rotatable bonds is 7. The van der Waals surface area contributed by atoms with Gasteiger partial charge in [-0.1, -0.05) is 30.3 Å². The molecule has 0 spiro atoms. The van der Waals surface area contributed by atoms with E-state index in [2.05, 4.69) is 24.4 Å². The van der Waals surface area contributed by atoms with Gasteiger partial charge in [-0.3, -0.25) is 4.79 Å². The van der Waals surface area contributed by atoms with E-state index in [1.54, 1.807) is 7.11 Å². The number of thioether (sulfide) groups is 1. The van der Waals surface area contributed by atoms with Gasteiger partial charge in [0.05, 0.1) is 12.9 Å². The smallest absolute Gasteiger partial charge is 0.230 e. The van der Waals surface area contributed by atoms with Gasteiger partial charge >= 0.3 is 0 Å². The van der Waals surface area contributed by atoms with Gasteiger partial charge in [0, 0.05) is 11.4 Å². The number of aryl methyl sites for hydroxylation is 1. The van der Waals surface area contributed by atoms with Crippen molar-refractivity contribution in [1.29, 1.82) is 0 Å². The lowest BCUT2D eigenvalue weighted by molar-refractivity contribution is -0.118. The van der Waals surface area contributed by atoms with Crippen LogP contribution in [0.4, 0.5) is 0 Å². The molecule has 0 aliphatic carbocycles. The molecule has 0 bridgehead atoms. The van der Waals surface area contributed by atoms with Crippen LogP contribution in [0.1, 0.15) is 11.1 Å². The zero-order chi connectivity index (χ0) is 15.8. The van der Waals surface area contributed by atoms with Crippen LogP contribution in [0, 0.1) is 6.92 Å². The molecule has 3 nitrogen and oxygen atoms in total. The fourth-order valence-corrected chi connectivity index (χ4v) is 2.89. The van der Waals surface area contributed by atoms with Gasteiger partial charge in [-0.05, 0) is 42.7 Å². The number of hydrogen-bond donors (Lipinski definition) is 1. The number of carbonyl (C=O) groups is 1. The van der Waals surface area contributed by atoms with E-state index in [0.717, 1.165) is 17.1 Å². The molecule has 0 unspecified atom stereocenters. The molecule has 0 aliphatic rings. The summed E-state index contributed by atoms with van der Waals surface area (Å²) in [6.07, 6.45) is 0.863. The molecule has 0 heterocycles. The first-order valence-corrected chi connectivity index (χ1v) is 8.25. The van der Waals surface area contributed by atoms with Crippen molar-refractivity contribution in [3.63, 3.8) is 0 Å². The number of carbonyl (C=O) groups excluding carboxylic acids is 1. The molecular weight excluding hydrogens is 294 g/mol. The van der Waals surface area contributed by atoms with Crippen LogP contribution in [0.5, 0.6) is 5.75 Å². The standard InChI is InChI=1S/C18H21NO2S/c1-14-6-3-4-7-15(14)10-11-19-18(20)13-22-17-9-5-8-16(12-17)21-2/h3-9,12H,10-11,13H2,1-2H3,(H,19,20). The van der Waals surface area contributed by atoms with Gasteiger partial charge in [0.15, 0.2) is 0 Å². The minimum Gasteiger partial charge on any atom is -0.497 e. The normalized spacial score (nSPS) is 10.3. The molecule has 0 atom stereocenters. The molecule has 2 aromatic carbocycles. The van der Waals surface area contributed by atoms with E-state index in [-0.39, 0.29) is 5.91 Å². The maximum atomic E-state index is 11.9. The molecule has 0 aromatic heterocycles. The van der Waals surface area contributed by atoms with Gasteiger partial charge in [0.25, 0.3) is 0 Å². The molecule has 1 amide bonds. The first-order valence-electron chi connectivity index (χ1n) is 7.27. The third-order valence-corrected chi connectivity index (χ3v) is 4.38.